The number of hydrogen-bond acceptors (Lipinski definition) is 4. The number of hydrogen-bond donors (Lipinski definition) is 1. The maximum atomic E-state index is 12.2. The monoisotopic (exact) mass is 310 g/mol. The zero-order valence-electron chi connectivity index (χ0n) is 13.1. The van der Waals surface area contributed by atoms with E-state index in [0.29, 0.717) is 18.8 Å². The van der Waals surface area contributed by atoms with Gasteiger partial charge in [-0.2, -0.15) is 5.10 Å². The van der Waals surface area contributed by atoms with Crippen LogP contribution in [0.3, 0.4) is 0 Å². The van der Waals surface area contributed by atoms with Crippen LogP contribution in [0.2, 0.25) is 0 Å². The van der Waals surface area contributed by atoms with Gasteiger partial charge in [-0.3, -0.25) is 14.8 Å². The highest BCUT2D eigenvalue weighted by atomic mass is 16.2. The van der Waals surface area contributed by atoms with Crippen LogP contribution in [0.25, 0.3) is 0 Å². The summed E-state index contributed by atoms with van der Waals surface area (Å²) in [5, 5.41) is 11.0. The van der Waals surface area contributed by atoms with Crippen LogP contribution in [-0.2, 0) is 13.1 Å². The molecule has 1 amide bonds. The molecule has 0 aliphatic carbocycles. The van der Waals surface area contributed by atoms with Crippen molar-refractivity contribution in [3.8, 4) is 0 Å². The van der Waals surface area contributed by atoms with Crippen LogP contribution in [-0.4, -0.2) is 30.5 Å². The summed E-state index contributed by atoms with van der Waals surface area (Å²) in [7, 11) is 0. The number of carbonyl (C=O) groups is 1. The first-order valence-corrected chi connectivity index (χ1v) is 7.44. The summed E-state index contributed by atoms with van der Waals surface area (Å²) < 4.78 is 3.32. The van der Waals surface area contributed by atoms with Crippen molar-refractivity contribution in [3.63, 3.8) is 0 Å². The minimum atomic E-state index is -0.266. The molecule has 7 nitrogen and oxygen atoms in total. The molecule has 0 radical (unpaired) electrons. The van der Waals surface area contributed by atoms with Crippen molar-refractivity contribution >= 4 is 11.9 Å². The number of anilines is 1. The lowest BCUT2D eigenvalue weighted by molar-refractivity contribution is 0.101. The number of rotatable bonds is 5. The van der Waals surface area contributed by atoms with Crippen LogP contribution in [0.4, 0.5) is 5.95 Å². The second-order valence-corrected chi connectivity index (χ2v) is 5.24. The summed E-state index contributed by atoms with van der Waals surface area (Å²) in [4.78, 5) is 16.3. The Morgan fingerprint density at radius 1 is 1.22 bits per heavy atom. The highest BCUT2D eigenvalue weighted by molar-refractivity contribution is 6.01. The highest BCUT2D eigenvalue weighted by Crippen LogP contribution is 2.07. The Kier molecular flexibility index (Phi) is 4.18. The van der Waals surface area contributed by atoms with Crippen molar-refractivity contribution in [2.24, 2.45) is 0 Å². The van der Waals surface area contributed by atoms with Gasteiger partial charge in [-0.15, -0.1) is 5.10 Å². The lowest BCUT2D eigenvalue weighted by Gasteiger charge is -2.04. The van der Waals surface area contributed by atoms with Crippen molar-refractivity contribution in [2.75, 3.05) is 5.32 Å². The van der Waals surface area contributed by atoms with Crippen molar-refractivity contribution in [2.45, 2.75) is 26.9 Å². The summed E-state index contributed by atoms with van der Waals surface area (Å²) in [6.45, 7) is 5.22. The van der Waals surface area contributed by atoms with Crippen LogP contribution in [0.15, 0.2) is 42.9 Å². The van der Waals surface area contributed by atoms with E-state index in [-0.39, 0.29) is 11.9 Å². The van der Waals surface area contributed by atoms with E-state index in [1.54, 1.807) is 28.0 Å². The van der Waals surface area contributed by atoms with E-state index >= 15 is 0 Å². The predicted octanol–water partition coefficient (Wildman–Crippen LogP) is 2.10. The van der Waals surface area contributed by atoms with Crippen LogP contribution >= 0.6 is 0 Å². The topological polar surface area (TPSA) is 77.6 Å². The number of carbonyl (C=O) groups excluding carboxylic acids is 1. The van der Waals surface area contributed by atoms with Gasteiger partial charge in [0.15, 0.2) is 0 Å². The number of aromatic nitrogens is 5. The number of benzene rings is 1. The molecule has 1 aromatic carbocycles. The molecular weight excluding hydrogens is 292 g/mol. The molecule has 1 N–H and O–H groups in total. The summed E-state index contributed by atoms with van der Waals surface area (Å²) >= 11 is 0. The maximum absolute atomic E-state index is 12.2. The van der Waals surface area contributed by atoms with Gasteiger partial charge in [0.1, 0.15) is 12.0 Å². The van der Waals surface area contributed by atoms with E-state index in [0.717, 1.165) is 5.56 Å². The first kappa shape index (κ1) is 15.0. The fourth-order valence-corrected chi connectivity index (χ4v) is 2.25. The van der Waals surface area contributed by atoms with Crippen LogP contribution in [0, 0.1) is 6.92 Å². The Morgan fingerprint density at radius 2 is 2.00 bits per heavy atom. The third-order valence-corrected chi connectivity index (χ3v) is 3.48. The second kappa shape index (κ2) is 6.43. The minimum absolute atomic E-state index is 0.266. The second-order valence-electron chi connectivity index (χ2n) is 5.24. The predicted molar refractivity (Wildman–Crippen MR) is 86.2 cm³/mol. The first-order valence-electron chi connectivity index (χ1n) is 7.44. The van der Waals surface area contributed by atoms with Crippen molar-refractivity contribution in [1.82, 2.24) is 24.5 Å². The van der Waals surface area contributed by atoms with Gasteiger partial charge >= 0.3 is 0 Å². The molecule has 0 fully saturated rings. The van der Waals surface area contributed by atoms with Gasteiger partial charge in [0.2, 0.25) is 5.95 Å². The van der Waals surface area contributed by atoms with Gasteiger partial charge in [0, 0.05) is 12.7 Å². The van der Waals surface area contributed by atoms with Crippen LogP contribution in [0.1, 0.15) is 28.5 Å². The molecule has 118 valence electrons. The third-order valence-electron chi connectivity index (χ3n) is 3.48. The molecule has 2 aromatic heterocycles. The summed E-state index contributed by atoms with van der Waals surface area (Å²) in [5.74, 6) is 0.0170. The number of nitrogens with one attached hydrogen (secondary N) is 1. The van der Waals surface area contributed by atoms with Gasteiger partial charge < -0.3 is 0 Å². The van der Waals surface area contributed by atoms with Crippen molar-refractivity contribution < 1.29 is 4.79 Å². The average molecular weight is 310 g/mol. The molecule has 0 bridgehead atoms. The molecule has 0 saturated carbocycles. The molecule has 23 heavy (non-hydrogen) atoms. The highest BCUT2D eigenvalue weighted by Gasteiger charge is 2.13. The minimum Gasteiger partial charge on any atom is -0.288 e. The Hall–Kier alpha value is -2.96. The van der Waals surface area contributed by atoms with Gasteiger partial charge in [-0.1, -0.05) is 29.8 Å². The summed E-state index contributed by atoms with van der Waals surface area (Å²) in [6.07, 6.45) is 3.20. The van der Waals surface area contributed by atoms with Crippen molar-refractivity contribution in [1.29, 1.82) is 0 Å². The molecule has 3 rings (SSSR count). The van der Waals surface area contributed by atoms with Crippen LogP contribution in [0.5, 0.6) is 0 Å². The van der Waals surface area contributed by atoms with Gasteiger partial charge in [-0.25, -0.2) is 9.67 Å². The largest absolute Gasteiger partial charge is 0.288 e. The number of amides is 1. The van der Waals surface area contributed by atoms with E-state index in [4.69, 9.17) is 0 Å². The molecule has 3 aromatic rings. The molecule has 2 heterocycles. The van der Waals surface area contributed by atoms with Gasteiger partial charge in [-0.05, 0) is 25.5 Å². The first-order chi connectivity index (χ1) is 11.2. The standard InChI is InChI=1S/C16H18N6O/c1-3-22-14(8-9-18-22)15(23)19-16-17-11-21(20-16)10-13-6-4-12(2)5-7-13/h4-9,11H,3,10H2,1-2H3,(H,19,20,23). The fourth-order valence-electron chi connectivity index (χ4n) is 2.25. The normalized spacial score (nSPS) is 10.7. The summed E-state index contributed by atoms with van der Waals surface area (Å²) in [5.41, 5.74) is 2.83. The zero-order chi connectivity index (χ0) is 16.2. The van der Waals surface area contributed by atoms with E-state index in [1.165, 1.54) is 5.56 Å². The summed E-state index contributed by atoms with van der Waals surface area (Å²) in [6, 6.07) is 9.88. The molecule has 7 heteroatoms. The van der Waals surface area contributed by atoms with Crippen LogP contribution < -0.4 is 5.32 Å². The third kappa shape index (κ3) is 3.45. The molecule has 0 aliphatic rings. The van der Waals surface area contributed by atoms with Crippen molar-refractivity contribution in [3.05, 3.63) is 59.7 Å². The molecule has 0 unspecified atom stereocenters. The lowest BCUT2D eigenvalue weighted by atomic mass is 10.1. The van der Waals surface area contributed by atoms with Gasteiger partial charge in [0.05, 0.1) is 6.54 Å². The average Bonchev–Trinajstić information content (AvgIpc) is 3.18. The van der Waals surface area contributed by atoms with E-state index in [2.05, 4.69) is 44.8 Å². The number of aryl methyl sites for hydroxylation is 2. The molecule has 0 spiro atoms. The van der Waals surface area contributed by atoms with E-state index < -0.39 is 0 Å². The molecule has 0 atom stereocenters. The zero-order valence-corrected chi connectivity index (χ0v) is 13.1. The Labute approximate surface area is 134 Å². The fraction of sp³-hybridized carbons (Fsp3) is 0.250. The maximum Gasteiger partial charge on any atom is 0.276 e. The quantitative estimate of drug-likeness (QED) is 0.783. The Balaban J connectivity index is 1.67. The molecule has 0 aliphatic heterocycles. The Morgan fingerprint density at radius 3 is 2.74 bits per heavy atom. The smallest absolute Gasteiger partial charge is 0.276 e. The Bertz CT molecular complexity index is 802. The van der Waals surface area contributed by atoms with Gasteiger partial charge in [0.25, 0.3) is 5.91 Å². The molecular formula is C16H18N6O. The lowest BCUT2D eigenvalue weighted by Crippen LogP contribution is -2.18. The number of nitrogens with zero attached hydrogens (tertiary/aromatic N) is 5. The van der Waals surface area contributed by atoms with E-state index in [1.807, 2.05) is 13.8 Å². The van der Waals surface area contributed by atoms with E-state index in [9.17, 15) is 4.79 Å². The molecule has 0 saturated heterocycles. The SMILES string of the molecule is CCn1nccc1C(=O)Nc1ncn(Cc2ccc(C)cc2)n1.